The van der Waals surface area contributed by atoms with E-state index in [1.165, 1.54) is 32.2 Å². The molecule has 1 fully saturated rings. The number of piperidine rings is 1. The second-order valence-electron chi connectivity index (χ2n) is 7.21. The normalized spacial score (nSPS) is 17.1. The monoisotopic (exact) mass is 534 g/mol. The molecule has 0 aromatic heterocycles. The number of ether oxygens (including phenoxy) is 3. The highest BCUT2D eigenvalue weighted by molar-refractivity contribution is 14.0. The first-order valence-corrected chi connectivity index (χ1v) is 10.7. The summed E-state index contributed by atoms with van der Waals surface area (Å²) in [6, 6.07) is 4.57. The van der Waals surface area contributed by atoms with Crippen molar-refractivity contribution >= 4 is 29.9 Å². The zero-order chi connectivity index (χ0) is 21.1. The second kappa shape index (κ2) is 14.6. The number of hydrogen-bond acceptors (Lipinski definition) is 5. The van der Waals surface area contributed by atoms with Crippen molar-refractivity contribution in [2.75, 3.05) is 47.5 Å². The number of aliphatic imine (C=N–C) groups is 1. The van der Waals surface area contributed by atoms with Crippen LogP contribution in [-0.4, -0.2) is 64.4 Å². The van der Waals surface area contributed by atoms with Gasteiger partial charge in [-0.2, -0.15) is 0 Å². The van der Waals surface area contributed by atoms with Crippen molar-refractivity contribution in [2.45, 2.75) is 52.1 Å². The zero-order valence-electron chi connectivity index (χ0n) is 19.1. The molecule has 1 heterocycles. The molecule has 1 aromatic carbocycles. The third-order valence-electron chi connectivity index (χ3n) is 5.45. The Hall–Kier alpha value is -1.42. The van der Waals surface area contributed by atoms with Crippen molar-refractivity contribution in [1.82, 2.24) is 15.5 Å². The molecule has 0 saturated carbocycles. The summed E-state index contributed by atoms with van der Waals surface area (Å²) in [7, 11) is 4.87. The van der Waals surface area contributed by atoms with Crippen LogP contribution in [0.25, 0.3) is 0 Å². The molecule has 2 N–H and O–H groups in total. The first-order chi connectivity index (χ1) is 14.2. The molecule has 1 aliphatic heterocycles. The number of halogens is 1. The molecule has 1 aromatic rings. The topological polar surface area (TPSA) is 67.4 Å². The van der Waals surface area contributed by atoms with Gasteiger partial charge in [-0.1, -0.05) is 13.3 Å². The summed E-state index contributed by atoms with van der Waals surface area (Å²) >= 11 is 0. The maximum Gasteiger partial charge on any atom is 0.203 e. The Balaban J connectivity index is 0.00000450. The van der Waals surface area contributed by atoms with E-state index in [1.807, 2.05) is 12.1 Å². The van der Waals surface area contributed by atoms with Crippen LogP contribution in [0.2, 0.25) is 0 Å². The zero-order valence-corrected chi connectivity index (χ0v) is 21.5. The van der Waals surface area contributed by atoms with Crippen LogP contribution in [0.5, 0.6) is 17.2 Å². The lowest BCUT2D eigenvalue weighted by atomic mass is 10.0. The summed E-state index contributed by atoms with van der Waals surface area (Å²) in [6.45, 7) is 8.80. The highest BCUT2D eigenvalue weighted by atomic mass is 127. The van der Waals surface area contributed by atoms with Crippen LogP contribution < -0.4 is 24.8 Å². The van der Waals surface area contributed by atoms with Crippen LogP contribution in [0, 0.1) is 0 Å². The summed E-state index contributed by atoms with van der Waals surface area (Å²) in [5.41, 5.74) is 0.949. The van der Waals surface area contributed by atoms with Gasteiger partial charge >= 0.3 is 0 Å². The number of nitrogens with zero attached hydrogens (tertiary/aromatic N) is 2. The van der Waals surface area contributed by atoms with Gasteiger partial charge in [0.2, 0.25) is 5.75 Å². The number of rotatable bonds is 10. The lowest BCUT2D eigenvalue weighted by Crippen LogP contribution is -2.45. The van der Waals surface area contributed by atoms with Crippen LogP contribution >= 0.6 is 24.0 Å². The predicted molar refractivity (Wildman–Crippen MR) is 134 cm³/mol. The van der Waals surface area contributed by atoms with E-state index in [0.717, 1.165) is 37.2 Å². The van der Waals surface area contributed by atoms with E-state index in [0.29, 0.717) is 23.8 Å². The first-order valence-electron chi connectivity index (χ1n) is 10.7. The van der Waals surface area contributed by atoms with Gasteiger partial charge in [0.15, 0.2) is 17.5 Å². The molecule has 8 heteroatoms. The lowest BCUT2D eigenvalue weighted by molar-refractivity contribution is 0.147. The van der Waals surface area contributed by atoms with Gasteiger partial charge in [-0.05, 0) is 44.9 Å². The van der Waals surface area contributed by atoms with Gasteiger partial charge in [0.25, 0.3) is 0 Å². The van der Waals surface area contributed by atoms with Crippen LogP contribution in [-0.2, 0) is 6.54 Å². The fraction of sp³-hybridized carbons (Fsp3) is 0.682. The molecule has 2 rings (SSSR count). The Morgan fingerprint density at radius 2 is 1.83 bits per heavy atom. The Morgan fingerprint density at radius 1 is 1.07 bits per heavy atom. The smallest absolute Gasteiger partial charge is 0.203 e. The van der Waals surface area contributed by atoms with Crippen LogP contribution in [0.1, 0.15) is 45.1 Å². The minimum atomic E-state index is 0. The summed E-state index contributed by atoms with van der Waals surface area (Å²) in [4.78, 5) is 7.35. The minimum Gasteiger partial charge on any atom is -0.493 e. The molecule has 0 radical (unpaired) electrons. The maximum atomic E-state index is 5.57. The summed E-state index contributed by atoms with van der Waals surface area (Å²) in [5, 5.41) is 6.80. The van der Waals surface area contributed by atoms with Gasteiger partial charge < -0.3 is 24.8 Å². The standard InChI is InChI=1S/C22H38N4O3.HI/c1-6-18-10-8-9-14-26(18)15-13-24-22(23-7-2)25-16-17-11-12-19(27-3)21(29-5)20(17)28-4;/h11-12,18H,6-10,13-16H2,1-5H3,(H2,23,24,25);1H. The molecular weight excluding hydrogens is 495 g/mol. The molecule has 1 saturated heterocycles. The van der Waals surface area contributed by atoms with Gasteiger partial charge in [-0.15, -0.1) is 24.0 Å². The molecule has 0 amide bonds. The van der Waals surface area contributed by atoms with Crippen molar-refractivity contribution in [1.29, 1.82) is 0 Å². The van der Waals surface area contributed by atoms with E-state index < -0.39 is 0 Å². The Kier molecular flexibility index (Phi) is 12.9. The van der Waals surface area contributed by atoms with Gasteiger partial charge in [0.1, 0.15) is 0 Å². The van der Waals surface area contributed by atoms with Crippen molar-refractivity contribution in [3.8, 4) is 17.2 Å². The number of nitrogens with one attached hydrogen (secondary N) is 2. The highest BCUT2D eigenvalue weighted by Crippen LogP contribution is 2.39. The molecule has 1 unspecified atom stereocenters. The fourth-order valence-corrected chi connectivity index (χ4v) is 3.93. The quantitative estimate of drug-likeness (QED) is 0.272. The summed E-state index contributed by atoms with van der Waals surface area (Å²) in [6.07, 6.45) is 5.22. The van der Waals surface area contributed by atoms with Crippen molar-refractivity contribution in [3.05, 3.63) is 17.7 Å². The van der Waals surface area contributed by atoms with Crippen molar-refractivity contribution in [3.63, 3.8) is 0 Å². The fourth-order valence-electron chi connectivity index (χ4n) is 3.93. The average molecular weight is 534 g/mol. The SMILES string of the molecule is CCNC(=NCc1ccc(OC)c(OC)c1OC)NCCN1CCCCC1CC.I. The summed E-state index contributed by atoms with van der Waals surface area (Å²) < 4.78 is 16.4. The Morgan fingerprint density at radius 3 is 2.47 bits per heavy atom. The second-order valence-corrected chi connectivity index (χ2v) is 7.21. The number of hydrogen-bond donors (Lipinski definition) is 2. The van der Waals surface area contributed by atoms with Gasteiger partial charge in [-0.3, -0.25) is 4.90 Å². The Labute approximate surface area is 199 Å². The highest BCUT2D eigenvalue weighted by Gasteiger charge is 2.20. The van der Waals surface area contributed by atoms with E-state index in [1.54, 1.807) is 21.3 Å². The van der Waals surface area contributed by atoms with Crippen molar-refractivity contribution in [2.24, 2.45) is 4.99 Å². The van der Waals surface area contributed by atoms with E-state index in [4.69, 9.17) is 19.2 Å². The summed E-state index contributed by atoms with van der Waals surface area (Å²) in [5.74, 6) is 2.71. The molecular formula is C22H39IN4O3. The molecule has 0 bridgehead atoms. The van der Waals surface area contributed by atoms with Crippen LogP contribution in [0.15, 0.2) is 17.1 Å². The third-order valence-corrected chi connectivity index (χ3v) is 5.45. The molecule has 7 nitrogen and oxygen atoms in total. The molecule has 30 heavy (non-hydrogen) atoms. The maximum absolute atomic E-state index is 5.57. The third kappa shape index (κ3) is 7.37. The minimum absolute atomic E-state index is 0. The molecule has 1 aliphatic rings. The van der Waals surface area contributed by atoms with Crippen LogP contribution in [0.3, 0.4) is 0 Å². The van der Waals surface area contributed by atoms with E-state index >= 15 is 0 Å². The average Bonchev–Trinajstić information content (AvgIpc) is 2.76. The van der Waals surface area contributed by atoms with Crippen LogP contribution in [0.4, 0.5) is 0 Å². The van der Waals surface area contributed by atoms with E-state index in [-0.39, 0.29) is 24.0 Å². The number of methoxy groups -OCH3 is 3. The number of likely N-dealkylation sites (tertiary alicyclic amines) is 1. The molecule has 1 atom stereocenters. The molecule has 0 spiro atoms. The first kappa shape index (κ1) is 26.6. The van der Waals surface area contributed by atoms with Crippen molar-refractivity contribution < 1.29 is 14.2 Å². The largest absolute Gasteiger partial charge is 0.493 e. The number of benzene rings is 1. The van der Waals surface area contributed by atoms with Gasteiger partial charge in [-0.25, -0.2) is 4.99 Å². The lowest BCUT2D eigenvalue weighted by Gasteiger charge is -2.35. The molecule has 172 valence electrons. The van der Waals surface area contributed by atoms with Gasteiger partial charge in [0.05, 0.1) is 27.9 Å². The molecule has 0 aliphatic carbocycles. The van der Waals surface area contributed by atoms with E-state index in [2.05, 4.69) is 29.4 Å². The van der Waals surface area contributed by atoms with E-state index in [9.17, 15) is 0 Å². The number of guanidine groups is 1. The van der Waals surface area contributed by atoms with Gasteiger partial charge in [0, 0.05) is 31.2 Å². The Bertz CT molecular complexity index is 658. The predicted octanol–water partition coefficient (Wildman–Crippen LogP) is 3.65.